The molecule has 0 fully saturated rings. The highest BCUT2D eigenvalue weighted by Gasteiger charge is 2.38. The van der Waals surface area contributed by atoms with Gasteiger partial charge in [0.1, 0.15) is 5.57 Å². The fourth-order valence-electron chi connectivity index (χ4n) is 3.18. The Bertz CT molecular complexity index is 990. The first kappa shape index (κ1) is 22.1. The Morgan fingerprint density at radius 3 is 2.13 bits per heavy atom. The van der Waals surface area contributed by atoms with E-state index in [2.05, 4.69) is 22.6 Å². The van der Waals surface area contributed by atoms with Crippen molar-refractivity contribution >= 4 is 40.1 Å². The normalized spacial score (nSPS) is 16.2. The van der Waals surface area contributed by atoms with E-state index in [1.807, 2.05) is 61.5 Å². The average molecular weight is 518 g/mol. The molecule has 0 radical (unpaired) electrons. The third-order valence-electron chi connectivity index (χ3n) is 4.56. The summed E-state index contributed by atoms with van der Waals surface area (Å²) in [5.41, 5.74) is 3.50. The first-order valence-corrected chi connectivity index (χ1v) is 10.8. The molecule has 0 amide bonds. The number of benzene rings is 2. The minimum atomic E-state index is -0.685. The van der Waals surface area contributed by atoms with Crippen LogP contribution in [0.5, 0.6) is 0 Å². The van der Waals surface area contributed by atoms with Gasteiger partial charge < -0.3 is 14.2 Å². The molecular formula is C24H23IO5. The Morgan fingerprint density at radius 2 is 1.53 bits per heavy atom. The highest BCUT2D eigenvalue weighted by atomic mass is 127. The summed E-state index contributed by atoms with van der Waals surface area (Å²) in [6.07, 6.45) is -0.543. The zero-order valence-electron chi connectivity index (χ0n) is 17.1. The van der Waals surface area contributed by atoms with E-state index < -0.39 is 18.0 Å². The molecule has 0 saturated heterocycles. The maximum Gasteiger partial charge on any atom is 0.374 e. The quantitative estimate of drug-likeness (QED) is 0.384. The van der Waals surface area contributed by atoms with Crippen molar-refractivity contribution in [2.24, 2.45) is 0 Å². The van der Waals surface area contributed by atoms with E-state index in [1.165, 1.54) is 0 Å². The second-order valence-corrected chi connectivity index (χ2v) is 7.80. The zero-order chi connectivity index (χ0) is 21.7. The van der Waals surface area contributed by atoms with Crippen LogP contribution < -0.4 is 0 Å². The molecule has 0 aliphatic carbocycles. The van der Waals surface area contributed by atoms with Gasteiger partial charge >= 0.3 is 11.9 Å². The molecule has 1 aliphatic heterocycles. The third kappa shape index (κ3) is 4.59. The lowest BCUT2D eigenvalue weighted by Gasteiger charge is -2.30. The van der Waals surface area contributed by atoms with Crippen LogP contribution in [0.1, 0.15) is 36.6 Å². The number of carbonyl (C=O) groups is 2. The van der Waals surface area contributed by atoms with Crippen molar-refractivity contribution in [3.8, 4) is 0 Å². The molecule has 1 atom stereocenters. The molecule has 156 valence electrons. The van der Waals surface area contributed by atoms with Gasteiger partial charge in [-0.3, -0.25) is 0 Å². The van der Waals surface area contributed by atoms with Gasteiger partial charge in [-0.25, -0.2) is 9.59 Å². The van der Waals surface area contributed by atoms with Gasteiger partial charge in [0, 0.05) is 9.15 Å². The molecule has 3 rings (SSSR count). The van der Waals surface area contributed by atoms with Crippen molar-refractivity contribution in [2.45, 2.75) is 26.9 Å². The van der Waals surface area contributed by atoms with Crippen molar-refractivity contribution in [3.05, 3.63) is 86.2 Å². The maximum absolute atomic E-state index is 12.9. The number of halogens is 1. The SMILES string of the molecule is CCOC(=O)C1=C(C(=O)OCC)C(c2ccccc2)=C(I)C(c2ccc(C)cc2)O1. The molecule has 1 aliphatic rings. The van der Waals surface area contributed by atoms with Gasteiger partial charge in [-0.05, 0) is 54.5 Å². The van der Waals surface area contributed by atoms with Crippen molar-refractivity contribution < 1.29 is 23.8 Å². The Balaban J connectivity index is 2.25. The minimum absolute atomic E-state index is 0.0919. The molecule has 0 N–H and O–H groups in total. The van der Waals surface area contributed by atoms with Gasteiger partial charge in [0.15, 0.2) is 6.10 Å². The van der Waals surface area contributed by atoms with Crippen LogP contribution in [0.2, 0.25) is 0 Å². The molecule has 0 bridgehead atoms. The van der Waals surface area contributed by atoms with Crippen LogP contribution in [-0.2, 0) is 23.8 Å². The lowest BCUT2D eigenvalue weighted by Crippen LogP contribution is -2.25. The van der Waals surface area contributed by atoms with E-state index in [4.69, 9.17) is 14.2 Å². The Morgan fingerprint density at radius 1 is 0.933 bits per heavy atom. The molecule has 1 unspecified atom stereocenters. The molecule has 1 heterocycles. The molecule has 30 heavy (non-hydrogen) atoms. The summed E-state index contributed by atoms with van der Waals surface area (Å²) in [7, 11) is 0. The Hall–Kier alpha value is -2.61. The first-order chi connectivity index (χ1) is 14.5. The van der Waals surface area contributed by atoms with E-state index in [0.717, 1.165) is 20.3 Å². The van der Waals surface area contributed by atoms with Crippen LogP contribution in [0.4, 0.5) is 0 Å². The van der Waals surface area contributed by atoms with E-state index in [9.17, 15) is 9.59 Å². The number of aryl methyl sites for hydroxylation is 1. The van der Waals surface area contributed by atoms with Gasteiger partial charge in [-0.1, -0.05) is 60.2 Å². The average Bonchev–Trinajstić information content (AvgIpc) is 2.75. The highest BCUT2D eigenvalue weighted by molar-refractivity contribution is 14.1. The summed E-state index contributed by atoms with van der Waals surface area (Å²) in [5, 5.41) is 0. The predicted octanol–water partition coefficient (Wildman–Crippen LogP) is 5.29. The molecule has 2 aromatic carbocycles. The number of ether oxygens (including phenoxy) is 3. The van der Waals surface area contributed by atoms with Gasteiger partial charge in [-0.15, -0.1) is 0 Å². The molecule has 5 nitrogen and oxygen atoms in total. The van der Waals surface area contributed by atoms with Crippen molar-refractivity contribution in [1.29, 1.82) is 0 Å². The van der Waals surface area contributed by atoms with Crippen molar-refractivity contribution in [1.82, 2.24) is 0 Å². The van der Waals surface area contributed by atoms with Crippen LogP contribution in [0.25, 0.3) is 5.57 Å². The minimum Gasteiger partial charge on any atom is -0.472 e. The highest BCUT2D eigenvalue weighted by Crippen LogP contribution is 2.46. The number of rotatable bonds is 6. The summed E-state index contributed by atoms with van der Waals surface area (Å²) in [4.78, 5) is 25.7. The second-order valence-electron chi connectivity index (χ2n) is 6.64. The summed E-state index contributed by atoms with van der Waals surface area (Å²) >= 11 is 2.19. The lowest BCUT2D eigenvalue weighted by molar-refractivity contribution is -0.145. The van der Waals surface area contributed by atoms with Crippen molar-refractivity contribution in [3.63, 3.8) is 0 Å². The maximum atomic E-state index is 12.9. The topological polar surface area (TPSA) is 61.8 Å². The zero-order valence-corrected chi connectivity index (χ0v) is 19.3. The summed E-state index contributed by atoms with van der Waals surface area (Å²) in [6, 6.07) is 17.3. The van der Waals surface area contributed by atoms with E-state index in [1.54, 1.807) is 13.8 Å². The summed E-state index contributed by atoms with van der Waals surface area (Å²) < 4.78 is 17.4. The molecule has 0 aromatic heterocycles. The van der Waals surface area contributed by atoms with E-state index >= 15 is 0 Å². The van der Waals surface area contributed by atoms with Crippen LogP contribution in [-0.4, -0.2) is 25.2 Å². The van der Waals surface area contributed by atoms with Gasteiger partial charge in [-0.2, -0.15) is 0 Å². The van der Waals surface area contributed by atoms with Crippen LogP contribution in [0.3, 0.4) is 0 Å². The van der Waals surface area contributed by atoms with E-state index in [-0.39, 0.29) is 24.5 Å². The van der Waals surface area contributed by atoms with Crippen molar-refractivity contribution in [2.75, 3.05) is 13.2 Å². The molecule has 0 saturated carbocycles. The fraction of sp³-hybridized carbons (Fsp3) is 0.250. The summed E-state index contributed by atoms with van der Waals surface area (Å²) in [5.74, 6) is -1.42. The predicted molar refractivity (Wildman–Crippen MR) is 123 cm³/mol. The fourth-order valence-corrected chi connectivity index (χ4v) is 4.25. The van der Waals surface area contributed by atoms with Gasteiger partial charge in [0.05, 0.1) is 13.2 Å². The monoisotopic (exact) mass is 518 g/mol. The molecule has 0 spiro atoms. The number of hydrogen-bond donors (Lipinski definition) is 0. The Kier molecular flexibility index (Phi) is 7.31. The second kappa shape index (κ2) is 9.93. The number of hydrogen-bond acceptors (Lipinski definition) is 5. The smallest absolute Gasteiger partial charge is 0.374 e. The summed E-state index contributed by atoms with van der Waals surface area (Å²) in [6.45, 7) is 5.78. The first-order valence-electron chi connectivity index (χ1n) is 9.75. The standard InChI is InChI=1S/C24H23IO5/c1-4-28-23(26)19-18(16-9-7-6-8-10-16)20(25)21(17-13-11-15(3)12-14-17)30-22(19)24(27)29-5-2/h6-14,21H,4-5H2,1-3H3. The largest absolute Gasteiger partial charge is 0.472 e. The van der Waals surface area contributed by atoms with Crippen LogP contribution in [0.15, 0.2) is 69.5 Å². The third-order valence-corrected chi connectivity index (χ3v) is 5.67. The van der Waals surface area contributed by atoms with Gasteiger partial charge in [0.2, 0.25) is 5.76 Å². The van der Waals surface area contributed by atoms with E-state index in [0.29, 0.717) is 5.57 Å². The molecular weight excluding hydrogens is 495 g/mol. The molecule has 2 aromatic rings. The Labute approximate surface area is 189 Å². The van der Waals surface area contributed by atoms with Crippen LogP contribution in [0, 0.1) is 6.92 Å². The lowest BCUT2D eigenvalue weighted by atomic mass is 9.91. The molecule has 6 heteroatoms. The number of esters is 2. The number of carbonyl (C=O) groups excluding carboxylic acids is 2. The van der Waals surface area contributed by atoms with Crippen LogP contribution >= 0.6 is 22.6 Å². The van der Waals surface area contributed by atoms with Gasteiger partial charge in [0.25, 0.3) is 0 Å².